The van der Waals surface area contributed by atoms with E-state index < -0.39 is 30.1 Å². The van der Waals surface area contributed by atoms with E-state index in [4.69, 9.17) is 9.47 Å². The topological polar surface area (TPSA) is 77.5 Å². The number of nitrogens with zero attached hydrogens (tertiary/aromatic N) is 1. The molecule has 0 aliphatic carbocycles. The van der Waals surface area contributed by atoms with Gasteiger partial charge in [-0.15, -0.1) is 0 Å². The summed E-state index contributed by atoms with van der Waals surface area (Å²) in [5.74, 6) is -2.56. The molecule has 1 aromatic heterocycles. The molecule has 3 rings (SSSR count). The minimum Gasteiger partial charge on any atom is -0.455 e. The third kappa shape index (κ3) is 5.10. The van der Waals surface area contributed by atoms with Crippen molar-refractivity contribution in [2.75, 3.05) is 11.9 Å². The number of carbonyl (C=O) groups is 2. The Morgan fingerprint density at radius 1 is 1.00 bits per heavy atom. The van der Waals surface area contributed by atoms with Crippen LogP contribution in [0.5, 0.6) is 11.5 Å². The number of carbonyl (C=O) groups excluding carboxylic acids is 2. The number of nitrogens with one attached hydrogen (secondary N) is 1. The minimum absolute atomic E-state index is 0.0844. The van der Waals surface area contributed by atoms with Gasteiger partial charge in [-0.1, -0.05) is 12.1 Å². The Bertz CT molecular complexity index is 976. The van der Waals surface area contributed by atoms with Crippen LogP contribution in [0.2, 0.25) is 0 Å². The zero-order valence-electron chi connectivity index (χ0n) is 14.4. The van der Waals surface area contributed by atoms with Crippen LogP contribution in [0.1, 0.15) is 10.4 Å². The molecule has 0 fully saturated rings. The molecule has 1 amide bonds. The van der Waals surface area contributed by atoms with E-state index in [1.54, 1.807) is 36.5 Å². The van der Waals surface area contributed by atoms with Crippen LogP contribution >= 0.6 is 0 Å². The normalized spacial score (nSPS) is 10.2. The Kier molecular flexibility index (Phi) is 5.91. The van der Waals surface area contributed by atoms with Gasteiger partial charge in [0.25, 0.3) is 5.91 Å². The summed E-state index contributed by atoms with van der Waals surface area (Å²) in [5.41, 5.74) is 0.0230. The molecule has 0 bridgehead atoms. The van der Waals surface area contributed by atoms with E-state index in [-0.39, 0.29) is 17.0 Å². The third-order valence-corrected chi connectivity index (χ3v) is 3.45. The number of pyridine rings is 1. The molecule has 0 aliphatic rings. The molecule has 142 valence electrons. The van der Waals surface area contributed by atoms with Crippen molar-refractivity contribution in [3.05, 3.63) is 84.2 Å². The number of rotatable bonds is 6. The molecule has 0 unspecified atom stereocenters. The standard InChI is InChI=1S/C20H14F2N2O4/c21-13-8-14(22)10-15(9-13)24-19(25)12-27-20(26)17-5-1-2-6-18(17)28-16-4-3-7-23-11-16/h1-11H,12H2,(H,24,25). The molecule has 0 aliphatic heterocycles. The van der Waals surface area contributed by atoms with Gasteiger partial charge in [-0.2, -0.15) is 0 Å². The molecule has 0 spiro atoms. The van der Waals surface area contributed by atoms with Crippen molar-refractivity contribution in [2.45, 2.75) is 0 Å². The van der Waals surface area contributed by atoms with Crippen LogP contribution < -0.4 is 10.1 Å². The van der Waals surface area contributed by atoms with Crippen molar-refractivity contribution in [2.24, 2.45) is 0 Å². The monoisotopic (exact) mass is 384 g/mol. The summed E-state index contributed by atoms with van der Waals surface area (Å²) < 4.78 is 36.9. The number of amides is 1. The highest BCUT2D eigenvalue weighted by atomic mass is 19.1. The number of para-hydroxylation sites is 1. The number of hydrogen-bond donors (Lipinski definition) is 1. The van der Waals surface area contributed by atoms with Gasteiger partial charge in [0.1, 0.15) is 28.7 Å². The van der Waals surface area contributed by atoms with Crippen LogP contribution in [0.15, 0.2) is 67.0 Å². The van der Waals surface area contributed by atoms with E-state index in [1.807, 2.05) is 0 Å². The highest BCUT2D eigenvalue weighted by Gasteiger charge is 2.16. The molecular weight excluding hydrogens is 370 g/mol. The smallest absolute Gasteiger partial charge is 0.342 e. The maximum absolute atomic E-state index is 13.1. The van der Waals surface area contributed by atoms with E-state index >= 15 is 0 Å². The lowest BCUT2D eigenvalue weighted by molar-refractivity contribution is -0.119. The maximum Gasteiger partial charge on any atom is 0.342 e. The number of benzene rings is 2. The van der Waals surface area contributed by atoms with Crippen molar-refractivity contribution in [3.63, 3.8) is 0 Å². The first-order valence-electron chi connectivity index (χ1n) is 8.11. The number of halogens is 2. The van der Waals surface area contributed by atoms with E-state index in [2.05, 4.69) is 10.3 Å². The quantitative estimate of drug-likeness (QED) is 0.651. The second-order valence-corrected chi connectivity index (χ2v) is 5.57. The zero-order chi connectivity index (χ0) is 19.9. The lowest BCUT2D eigenvalue weighted by atomic mass is 10.2. The number of esters is 1. The highest BCUT2D eigenvalue weighted by molar-refractivity contribution is 5.96. The van der Waals surface area contributed by atoms with Gasteiger partial charge < -0.3 is 14.8 Å². The average Bonchev–Trinajstić information content (AvgIpc) is 2.66. The Hall–Kier alpha value is -3.81. The molecule has 8 heteroatoms. The average molecular weight is 384 g/mol. The molecule has 0 radical (unpaired) electrons. The van der Waals surface area contributed by atoms with E-state index in [1.165, 1.54) is 12.3 Å². The largest absolute Gasteiger partial charge is 0.455 e. The predicted molar refractivity (Wildman–Crippen MR) is 96.0 cm³/mol. The maximum atomic E-state index is 13.1. The van der Waals surface area contributed by atoms with Gasteiger partial charge in [0.05, 0.1) is 6.20 Å². The van der Waals surface area contributed by atoms with E-state index in [9.17, 15) is 18.4 Å². The fourth-order valence-corrected chi connectivity index (χ4v) is 2.29. The molecule has 1 N–H and O–H groups in total. The summed E-state index contributed by atoms with van der Waals surface area (Å²) in [7, 11) is 0. The fraction of sp³-hybridized carbons (Fsp3) is 0.0500. The summed E-state index contributed by atoms with van der Waals surface area (Å²) in [6.07, 6.45) is 3.06. The Morgan fingerprint density at radius 3 is 2.46 bits per heavy atom. The summed E-state index contributed by atoms with van der Waals surface area (Å²) in [6, 6.07) is 12.2. The lowest BCUT2D eigenvalue weighted by Crippen LogP contribution is -2.21. The minimum atomic E-state index is -0.839. The molecule has 1 heterocycles. The van der Waals surface area contributed by atoms with Crippen molar-refractivity contribution in [1.29, 1.82) is 0 Å². The third-order valence-electron chi connectivity index (χ3n) is 3.45. The van der Waals surface area contributed by atoms with Crippen LogP contribution in [-0.2, 0) is 9.53 Å². The summed E-state index contributed by atoms with van der Waals surface area (Å²) in [6.45, 7) is -0.641. The molecular formula is C20H14F2N2O4. The Morgan fingerprint density at radius 2 is 1.75 bits per heavy atom. The van der Waals surface area contributed by atoms with Crippen molar-refractivity contribution in [3.8, 4) is 11.5 Å². The van der Waals surface area contributed by atoms with E-state index in [0.717, 1.165) is 12.1 Å². The Labute approximate surface area is 158 Å². The summed E-state index contributed by atoms with van der Waals surface area (Å²) in [5, 5.41) is 2.25. The van der Waals surface area contributed by atoms with E-state index in [0.29, 0.717) is 11.8 Å². The SMILES string of the molecule is O=C(COC(=O)c1ccccc1Oc1cccnc1)Nc1cc(F)cc(F)c1. The highest BCUT2D eigenvalue weighted by Crippen LogP contribution is 2.25. The second kappa shape index (κ2) is 8.72. The van der Waals surface area contributed by atoms with Gasteiger partial charge in [0.15, 0.2) is 6.61 Å². The fourth-order valence-electron chi connectivity index (χ4n) is 2.29. The van der Waals surface area contributed by atoms with Crippen molar-refractivity contribution >= 4 is 17.6 Å². The first-order valence-corrected chi connectivity index (χ1v) is 8.11. The van der Waals surface area contributed by atoms with Crippen LogP contribution in [-0.4, -0.2) is 23.5 Å². The molecule has 0 saturated heterocycles. The summed E-state index contributed by atoms with van der Waals surface area (Å²) >= 11 is 0. The van der Waals surface area contributed by atoms with Crippen LogP contribution in [0.4, 0.5) is 14.5 Å². The molecule has 0 atom stereocenters. The second-order valence-electron chi connectivity index (χ2n) is 5.57. The lowest BCUT2D eigenvalue weighted by Gasteiger charge is -2.11. The first-order chi connectivity index (χ1) is 13.5. The van der Waals surface area contributed by atoms with Gasteiger partial charge in [-0.25, -0.2) is 13.6 Å². The van der Waals surface area contributed by atoms with Crippen LogP contribution in [0.25, 0.3) is 0 Å². The predicted octanol–water partition coefficient (Wildman–Crippen LogP) is 3.95. The first kappa shape index (κ1) is 19.0. The zero-order valence-corrected chi connectivity index (χ0v) is 14.4. The number of ether oxygens (including phenoxy) is 2. The molecule has 2 aromatic carbocycles. The molecule has 28 heavy (non-hydrogen) atoms. The Balaban J connectivity index is 1.62. The van der Waals surface area contributed by atoms with Crippen molar-refractivity contribution < 1.29 is 27.8 Å². The number of aromatic nitrogens is 1. The number of anilines is 1. The van der Waals surface area contributed by atoms with Gasteiger partial charge in [-0.3, -0.25) is 9.78 Å². The molecule has 0 saturated carbocycles. The van der Waals surface area contributed by atoms with Gasteiger partial charge in [0.2, 0.25) is 0 Å². The van der Waals surface area contributed by atoms with Crippen LogP contribution in [0.3, 0.4) is 0 Å². The summed E-state index contributed by atoms with van der Waals surface area (Å²) in [4.78, 5) is 28.1. The van der Waals surface area contributed by atoms with Gasteiger partial charge in [-0.05, 0) is 36.4 Å². The molecule has 6 nitrogen and oxygen atoms in total. The van der Waals surface area contributed by atoms with Crippen LogP contribution in [0, 0.1) is 11.6 Å². The van der Waals surface area contributed by atoms with Gasteiger partial charge in [0, 0.05) is 18.0 Å². The molecule has 3 aromatic rings. The van der Waals surface area contributed by atoms with Gasteiger partial charge >= 0.3 is 5.97 Å². The number of hydrogen-bond acceptors (Lipinski definition) is 5. The van der Waals surface area contributed by atoms with Crippen molar-refractivity contribution in [1.82, 2.24) is 4.98 Å².